The number of rotatable bonds is 11. The number of benzene rings is 1. The van der Waals surface area contributed by atoms with E-state index in [1.54, 1.807) is 31.7 Å². The number of nitrogens with one attached hydrogen (secondary N) is 2. The summed E-state index contributed by atoms with van der Waals surface area (Å²) in [6.07, 6.45) is 7.37. The molecule has 0 aliphatic carbocycles. The summed E-state index contributed by atoms with van der Waals surface area (Å²) in [4.78, 5) is 32.8. The first-order chi connectivity index (χ1) is 19.3. The monoisotopic (exact) mass is 543 g/mol. The van der Waals surface area contributed by atoms with Crippen molar-refractivity contribution in [2.24, 2.45) is 7.05 Å². The zero-order chi connectivity index (χ0) is 28.2. The third kappa shape index (κ3) is 5.72. The molecule has 5 rings (SSSR count). The van der Waals surface area contributed by atoms with E-state index in [4.69, 9.17) is 9.72 Å². The quantitative estimate of drug-likeness (QED) is 0.229. The van der Waals surface area contributed by atoms with Crippen LogP contribution in [0.3, 0.4) is 0 Å². The van der Waals surface area contributed by atoms with Crippen LogP contribution in [0.15, 0.2) is 59.9 Å². The molecule has 4 aromatic heterocycles. The maximum atomic E-state index is 12.3. The first kappa shape index (κ1) is 27.0. The Labute approximate surface area is 231 Å². The van der Waals surface area contributed by atoms with Gasteiger partial charge in [0, 0.05) is 44.1 Å². The lowest BCUT2D eigenvalue weighted by atomic mass is 10.1. The summed E-state index contributed by atoms with van der Waals surface area (Å²) < 4.78 is 9.31. The summed E-state index contributed by atoms with van der Waals surface area (Å²) in [5, 5.41) is 15.7. The number of anilines is 2. The van der Waals surface area contributed by atoms with Crippen molar-refractivity contribution in [2.45, 2.75) is 19.3 Å². The van der Waals surface area contributed by atoms with Crippen LogP contribution < -0.4 is 15.6 Å². The molecule has 1 aromatic carbocycles. The van der Waals surface area contributed by atoms with Crippen LogP contribution in [0.2, 0.25) is 0 Å². The average Bonchev–Trinajstić information content (AvgIpc) is 3.48. The van der Waals surface area contributed by atoms with Crippen molar-refractivity contribution < 1.29 is 9.84 Å². The summed E-state index contributed by atoms with van der Waals surface area (Å²) >= 11 is 0. The van der Waals surface area contributed by atoms with Gasteiger partial charge in [0.2, 0.25) is 0 Å². The third-order valence-corrected chi connectivity index (χ3v) is 6.56. The summed E-state index contributed by atoms with van der Waals surface area (Å²) in [6.45, 7) is 3.49. The smallest absolute Gasteiger partial charge is 0.277 e. The molecule has 0 spiro atoms. The number of aromatic nitrogens is 7. The van der Waals surface area contributed by atoms with E-state index in [0.717, 1.165) is 34.9 Å². The van der Waals surface area contributed by atoms with Gasteiger partial charge in [0.15, 0.2) is 5.82 Å². The molecular formula is C28H33N9O3. The number of H-pyrrole nitrogens is 1. The Morgan fingerprint density at radius 3 is 2.77 bits per heavy atom. The minimum absolute atomic E-state index is 0.00326. The van der Waals surface area contributed by atoms with Gasteiger partial charge in [-0.3, -0.25) is 13.9 Å². The van der Waals surface area contributed by atoms with E-state index in [1.807, 2.05) is 55.9 Å². The first-order valence-corrected chi connectivity index (χ1v) is 13.1. The maximum absolute atomic E-state index is 12.3. The number of hydrogen-bond donors (Lipinski definition) is 3. The molecule has 40 heavy (non-hydrogen) atoms. The molecule has 5 aromatic rings. The van der Waals surface area contributed by atoms with Crippen LogP contribution in [0.1, 0.15) is 25.1 Å². The van der Waals surface area contributed by atoms with Gasteiger partial charge in [0.05, 0.1) is 23.6 Å². The molecule has 0 aliphatic rings. The lowest BCUT2D eigenvalue weighted by Gasteiger charge is -2.11. The van der Waals surface area contributed by atoms with E-state index >= 15 is 0 Å². The van der Waals surface area contributed by atoms with E-state index in [1.165, 1.54) is 4.68 Å². The Hall–Kier alpha value is -4.55. The van der Waals surface area contributed by atoms with E-state index in [9.17, 15) is 9.90 Å². The molecule has 0 saturated carbocycles. The molecule has 0 bridgehead atoms. The zero-order valence-corrected chi connectivity index (χ0v) is 23.0. The average molecular weight is 544 g/mol. The number of aryl methyl sites for hydroxylation is 1. The number of aliphatic hydroxyl groups is 1. The van der Waals surface area contributed by atoms with Crippen molar-refractivity contribution in [3.05, 3.63) is 71.3 Å². The second-order valence-electron chi connectivity index (χ2n) is 9.88. The predicted molar refractivity (Wildman–Crippen MR) is 153 cm³/mol. The van der Waals surface area contributed by atoms with Gasteiger partial charge in [-0.05, 0) is 38.7 Å². The molecule has 0 amide bonds. The molecular weight excluding hydrogens is 510 g/mol. The standard InChI is InChI=1S/C28H33N9O3/c1-18(9-12-38)27-34-25(19-6-5-7-20(14-19)40-13-11-35(2)3)22-16-30-24(17-37(22)27)32-23-8-10-29-26(33-23)21-15-31-36(4)28(21)39/h5-8,10,14-18,31,38H,9,11-13H2,1-4H3,(H,29,32,33). The van der Waals surface area contributed by atoms with Crippen molar-refractivity contribution in [1.82, 2.24) is 39.0 Å². The Morgan fingerprint density at radius 2 is 2.02 bits per heavy atom. The van der Waals surface area contributed by atoms with Gasteiger partial charge in [0.25, 0.3) is 5.56 Å². The van der Waals surface area contributed by atoms with Gasteiger partial charge in [0.1, 0.15) is 35.4 Å². The van der Waals surface area contributed by atoms with Crippen LogP contribution in [-0.4, -0.2) is 78.0 Å². The highest BCUT2D eigenvalue weighted by atomic mass is 16.5. The fourth-order valence-electron chi connectivity index (χ4n) is 4.35. The van der Waals surface area contributed by atoms with Crippen molar-refractivity contribution in [2.75, 3.05) is 39.2 Å². The minimum Gasteiger partial charge on any atom is -0.492 e. The van der Waals surface area contributed by atoms with Gasteiger partial charge in [-0.15, -0.1) is 0 Å². The Morgan fingerprint density at radius 1 is 1.18 bits per heavy atom. The van der Waals surface area contributed by atoms with Crippen molar-refractivity contribution in [3.63, 3.8) is 0 Å². The van der Waals surface area contributed by atoms with Gasteiger partial charge in [-0.2, -0.15) is 0 Å². The number of aromatic amines is 1. The van der Waals surface area contributed by atoms with Crippen LogP contribution in [0.4, 0.5) is 11.6 Å². The molecule has 12 heteroatoms. The maximum Gasteiger partial charge on any atom is 0.277 e. The highest BCUT2D eigenvalue weighted by molar-refractivity contribution is 5.78. The number of imidazole rings is 1. The third-order valence-electron chi connectivity index (χ3n) is 6.56. The Bertz CT molecular complexity index is 1670. The van der Waals surface area contributed by atoms with Crippen LogP contribution in [0.25, 0.3) is 28.2 Å². The molecule has 0 saturated heterocycles. The van der Waals surface area contributed by atoms with Gasteiger partial charge < -0.3 is 25.2 Å². The number of fused-ring (bicyclic) bond motifs is 1. The van der Waals surface area contributed by atoms with Crippen LogP contribution in [0.5, 0.6) is 5.75 Å². The van der Waals surface area contributed by atoms with Gasteiger partial charge in [-0.25, -0.2) is 19.9 Å². The fourth-order valence-corrected chi connectivity index (χ4v) is 4.35. The second-order valence-corrected chi connectivity index (χ2v) is 9.88. The number of likely N-dealkylation sites (N-methyl/N-ethyl adjacent to an activating group) is 1. The lowest BCUT2D eigenvalue weighted by Crippen LogP contribution is -2.19. The highest BCUT2D eigenvalue weighted by Crippen LogP contribution is 2.31. The molecule has 12 nitrogen and oxygen atoms in total. The molecule has 3 N–H and O–H groups in total. The molecule has 4 heterocycles. The van der Waals surface area contributed by atoms with Crippen LogP contribution in [0, 0.1) is 0 Å². The summed E-state index contributed by atoms with van der Waals surface area (Å²) in [6, 6.07) is 9.59. The van der Waals surface area contributed by atoms with E-state index in [0.29, 0.717) is 36.1 Å². The van der Waals surface area contributed by atoms with Crippen molar-refractivity contribution in [3.8, 4) is 28.4 Å². The fraction of sp³-hybridized carbons (Fsp3) is 0.321. The van der Waals surface area contributed by atoms with E-state index in [2.05, 4.69) is 30.3 Å². The van der Waals surface area contributed by atoms with Gasteiger partial charge >= 0.3 is 0 Å². The number of hydrogen-bond acceptors (Lipinski definition) is 9. The van der Waals surface area contributed by atoms with E-state index in [-0.39, 0.29) is 18.1 Å². The Kier molecular flexibility index (Phi) is 7.89. The minimum atomic E-state index is -0.211. The SMILES string of the molecule is CC(CCO)c1nc(-c2cccc(OCCN(C)C)c2)c2cnc(Nc3ccnc(-c4c[nH]n(C)c4=O)n3)cn12. The zero-order valence-electron chi connectivity index (χ0n) is 23.0. The summed E-state index contributed by atoms with van der Waals surface area (Å²) in [7, 11) is 5.66. The summed E-state index contributed by atoms with van der Waals surface area (Å²) in [5.74, 6) is 2.92. The Balaban J connectivity index is 1.49. The molecule has 1 unspecified atom stereocenters. The van der Waals surface area contributed by atoms with Crippen LogP contribution in [-0.2, 0) is 7.05 Å². The predicted octanol–water partition coefficient (Wildman–Crippen LogP) is 3.05. The molecule has 208 valence electrons. The second kappa shape index (κ2) is 11.7. The largest absolute Gasteiger partial charge is 0.492 e. The summed E-state index contributed by atoms with van der Waals surface area (Å²) in [5.41, 5.74) is 2.69. The molecule has 0 radical (unpaired) electrons. The first-order valence-electron chi connectivity index (χ1n) is 13.1. The topological polar surface area (TPSA) is 138 Å². The normalized spacial score (nSPS) is 12.2. The van der Waals surface area contributed by atoms with E-state index < -0.39 is 0 Å². The number of aliphatic hydroxyl groups excluding tert-OH is 1. The number of ether oxygens (including phenoxy) is 1. The molecule has 0 fully saturated rings. The highest BCUT2D eigenvalue weighted by Gasteiger charge is 2.19. The van der Waals surface area contributed by atoms with Gasteiger partial charge in [-0.1, -0.05) is 19.1 Å². The molecule has 0 aliphatic heterocycles. The number of nitrogens with zero attached hydrogens (tertiary/aromatic N) is 7. The molecule has 1 atom stereocenters. The van der Waals surface area contributed by atoms with Crippen molar-refractivity contribution in [1.29, 1.82) is 0 Å². The lowest BCUT2D eigenvalue weighted by molar-refractivity contribution is 0.261. The van der Waals surface area contributed by atoms with Crippen molar-refractivity contribution >= 4 is 17.2 Å². The van der Waals surface area contributed by atoms with Crippen LogP contribution >= 0.6 is 0 Å².